The molecular formula is C15H24ClNO2. The Bertz CT molecular complexity index is 419. The molecule has 108 valence electrons. The van der Waals surface area contributed by atoms with Crippen molar-refractivity contribution in [2.75, 3.05) is 0 Å². The lowest BCUT2D eigenvalue weighted by Gasteiger charge is -2.21. The molecule has 0 aliphatic heterocycles. The van der Waals surface area contributed by atoms with Gasteiger partial charge in [-0.1, -0.05) is 18.5 Å². The van der Waals surface area contributed by atoms with E-state index in [1.807, 2.05) is 40.7 Å². The van der Waals surface area contributed by atoms with Crippen molar-refractivity contribution in [2.45, 2.75) is 59.3 Å². The van der Waals surface area contributed by atoms with Gasteiger partial charge in [-0.05, 0) is 40.2 Å². The summed E-state index contributed by atoms with van der Waals surface area (Å²) in [6, 6.07) is 3.61. The van der Waals surface area contributed by atoms with Crippen LogP contribution in [-0.2, 0) is 0 Å². The summed E-state index contributed by atoms with van der Waals surface area (Å²) in [5, 5.41) is 0.552. The van der Waals surface area contributed by atoms with Gasteiger partial charge in [0, 0.05) is 17.7 Å². The third-order valence-electron chi connectivity index (χ3n) is 2.63. The van der Waals surface area contributed by atoms with Crippen LogP contribution in [0.1, 0.15) is 52.6 Å². The fourth-order valence-electron chi connectivity index (χ4n) is 1.76. The van der Waals surface area contributed by atoms with Crippen LogP contribution in [0.2, 0.25) is 5.02 Å². The molecule has 2 N–H and O–H groups in total. The minimum absolute atomic E-state index is 0.0695. The minimum Gasteiger partial charge on any atom is -0.491 e. The highest BCUT2D eigenvalue weighted by atomic mass is 35.5. The smallest absolute Gasteiger partial charge is 0.138 e. The maximum atomic E-state index is 6.23. The molecule has 0 saturated carbocycles. The van der Waals surface area contributed by atoms with Crippen LogP contribution in [0.25, 0.3) is 0 Å². The summed E-state index contributed by atoms with van der Waals surface area (Å²) < 4.78 is 11.5. The highest BCUT2D eigenvalue weighted by Gasteiger charge is 2.17. The third kappa shape index (κ3) is 4.59. The third-order valence-corrected chi connectivity index (χ3v) is 2.92. The molecule has 0 heterocycles. The van der Waals surface area contributed by atoms with Gasteiger partial charge in [0.1, 0.15) is 11.5 Å². The number of benzene rings is 1. The zero-order valence-electron chi connectivity index (χ0n) is 12.4. The lowest BCUT2D eigenvalue weighted by Crippen LogP contribution is -2.15. The Labute approximate surface area is 121 Å². The minimum atomic E-state index is -0.0828. The second-order valence-corrected chi connectivity index (χ2v) is 5.58. The van der Waals surface area contributed by atoms with E-state index in [4.69, 9.17) is 26.8 Å². The first kappa shape index (κ1) is 16.1. The second kappa shape index (κ2) is 7.01. The summed E-state index contributed by atoms with van der Waals surface area (Å²) in [5.74, 6) is 1.40. The maximum Gasteiger partial charge on any atom is 0.138 e. The molecule has 0 bridgehead atoms. The Kier molecular flexibility index (Phi) is 5.95. The van der Waals surface area contributed by atoms with Gasteiger partial charge < -0.3 is 15.2 Å². The van der Waals surface area contributed by atoms with Gasteiger partial charge in [-0.2, -0.15) is 0 Å². The molecule has 0 amide bonds. The maximum absolute atomic E-state index is 6.23. The van der Waals surface area contributed by atoms with E-state index >= 15 is 0 Å². The Morgan fingerprint density at radius 3 is 2.05 bits per heavy atom. The second-order valence-electron chi connectivity index (χ2n) is 5.17. The van der Waals surface area contributed by atoms with Crippen molar-refractivity contribution in [2.24, 2.45) is 5.73 Å². The van der Waals surface area contributed by atoms with E-state index in [0.717, 1.165) is 17.7 Å². The SMILES string of the molecule is CCC(N)c1cc(OC(C)C)c(Cl)cc1OC(C)C. The zero-order chi connectivity index (χ0) is 14.6. The fraction of sp³-hybridized carbons (Fsp3) is 0.600. The van der Waals surface area contributed by atoms with Crippen LogP contribution in [0.4, 0.5) is 0 Å². The monoisotopic (exact) mass is 285 g/mol. The van der Waals surface area contributed by atoms with Gasteiger partial charge in [-0.25, -0.2) is 0 Å². The van der Waals surface area contributed by atoms with E-state index in [1.165, 1.54) is 0 Å². The molecule has 1 aromatic rings. The van der Waals surface area contributed by atoms with Gasteiger partial charge >= 0.3 is 0 Å². The number of halogens is 1. The van der Waals surface area contributed by atoms with E-state index in [0.29, 0.717) is 10.8 Å². The molecule has 4 heteroatoms. The van der Waals surface area contributed by atoms with Gasteiger partial charge in [-0.15, -0.1) is 0 Å². The lowest BCUT2D eigenvalue weighted by atomic mass is 10.0. The summed E-state index contributed by atoms with van der Waals surface area (Å²) in [6.07, 6.45) is 0.979. The predicted molar refractivity (Wildman–Crippen MR) is 80.2 cm³/mol. The van der Waals surface area contributed by atoms with E-state index in [9.17, 15) is 0 Å². The number of hydrogen-bond acceptors (Lipinski definition) is 3. The molecule has 0 aliphatic carbocycles. The van der Waals surface area contributed by atoms with Crippen LogP contribution in [0, 0.1) is 0 Å². The molecule has 0 radical (unpaired) electrons. The molecule has 1 atom stereocenters. The molecule has 0 aromatic heterocycles. The molecule has 1 rings (SSSR count). The normalized spacial score (nSPS) is 12.9. The van der Waals surface area contributed by atoms with Crippen molar-refractivity contribution >= 4 is 11.6 Å². The average Bonchev–Trinajstić information content (AvgIpc) is 2.30. The number of nitrogens with two attached hydrogens (primary N) is 1. The first-order valence-electron chi connectivity index (χ1n) is 6.77. The summed E-state index contributed by atoms with van der Waals surface area (Å²) >= 11 is 6.23. The summed E-state index contributed by atoms with van der Waals surface area (Å²) in [4.78, 5) is 0. The van der Waals surface area contributed by atoms with Crippen LogP contribution < -0.4 is 15.2 Å². The van der Waals surface area contributed by atoms with Gasteiger partial charge in [0.15, 0.2) is 0 Å². The Hall–Kier alpha value is -0.930. The van der Waals surface area contributed by atoms with Crippen LogP contribution in [-0.4, -0.2) is 12.2 Å². The standard InChI is InChI=1S/C15H24ClNO2/c1-6-13(17)11-7-15(19-10(4)5)12(16)8-14(11)18-9(2)3/h7-10,13H,6,17H2,1-5H3. The predicted octanol–water partition coefficient (Wildman–Crippen LogP) is 4.32. The molecule has 1 unspecified atom stereocenters. The number of rotatable bonds is 6. The summed E-state index contributed by atoms with van der Waals surface area (Å²) in [5.41, 5.74) is 7.08. The van der Waals surface area contributed by atoms with Crippen molar-refractivity contribution < 1.29 is 9.47 Å². The molecule has 3 nitrogen and oxygen atoms in total. The van der Waals surface area contributed by atoms with Gasteiger partial charge in [0.2, 0.25) is 0 Å². The first-order chi connectivity index (χ1) is 8.85. The molecule has 1 aromatic carbocycles. The first-order valence-corrected chi connectivity index (χ1v) is 7.15. The Balaban J connectivity index is 3.20. The Morgan fingerprint density at radius 1 is 1.05 bits per heavy atom. The quantitative estimate of drug-likeness (QED) is 0.846. The highest BCUT2D eigenvalue weighted by molar-refractivity contribution is 6.32. The molecule has 0 aliphatic rings. The van der Waals surface area contributed by atoms with Gasteiger partial charge in [-0.3, -0.25) is 0 Å². The van der Waals surface area contributed by atoms with Crippen molar-refractivity contribution in [3.05, 3.63) is 22.7 Å². The van der Waals surface area contributed by atoms with Crippen molar-refractivity contribution in [3.63, 3.8) is 0 Å². The van der Waals surface area contributed by atoms with Gasteiger partial charge in [0.25, 0.3) is 0 Å². The van der Waals surface area contributed by atoms with Crippen molar-refractivity contribution in [1.82, 2.24) is 0 Å². The lowest BCUT2D eigenvalue weighted by molar-refractivity contribution is 0.231. The van der Waals surface area contributed by atoms with E-state index < -0.39 is 0 Å². The average molecular weight is 286 g/mol. The van der Waals surface area contributed by atoms with Crippen molar-refractivity contribution in [3.8, 4) is 11.5 Å². The Morgan fingerprint density at radius 2 is 1.58 bits per heavy atom. The van der Waals surface area contributed by atoms with Crippen LogP contribution in [0.5, 0.6) is 11.5 Å². The fourth-order valence-corrected chi connectivity index (χ4v) is 1.96. The molecule has 0 saturated heterocycles. The van der Waals surface area contributed by atoms with Crippen LogP contribution in [0.15, 0.2) is 12.1 Å². The van der Waals surface area contributed by atoms with E-state index in [1.54, 1.807) is 6.07 Å². The number of ether oxygens (including phenoxy) is 2. The molecular weight excluding hydrogens is 262 g/mol. The van der Waals surface area contributed by atoms with Crippen LogP contribution in [0.3, 0.4) is 0 Å². The zero-order valence-corrected chi connectivity index (χ0v) is 13.1. The largest absolute Gasteiger partial charge is 0.491 e. The topological polar surface area (TPSA) is 44.5 Å². The molecule has 0 fully saturated rings. The molecule has 19 heavy (non-hydrogen) atoms. The van der Waals surface area contributed by atoms with Crippen LogP contribution >= 0.6 is 11.6 Å². The number of hydrogen-bond donors (Lipinski definition) is 1. The van der Waals surface area contributed by atoms with E-state index in [2.05, 4.69) is 0 Å². The summed E-state index contributed by atoms with van der Waals surface area (Å²) in [7, 11) is 0. The van der Waals surface area contributed by atoms with Gasteiger partial charge in [0.05, 0.1) is 17.2 Å². The van der Waals surface area contributed by atoms with E-state index in [-0.39, 0.29) is 18.2 Å². The molecule has 0 spiro atoms. The van der Waals surface area contributed by atoms with Crippen molar-refractivity contribution in [1.29, 1.82) is 0 Å². The highest BCUT2D eigenvalue weighted by Crippen LogP contribution is 2.37. The summed E-state index contributed by atoms with van der Waals surface area (Å²) in [6.45, 7) is 9.94.